The maximum absolute atomic E-state index is 11.9. The van der Waals surface area contributed by atoms with E-state index in [9.17, 15) is 14.4 Å². The minimum Gasteiger partial charge on any atom is -0.493 e. The van der Waals surface area contributed by atoms with Gasteiger partial charge in [0.05, 0.1) is 19.4 Å². The molecule has 1 aliphatic rings. The van der Waals surface area contributed by atoms with Crippen LogP contribution in [0.5, 0.6) is 0 Å². The predicted octanol–water partition coefficient (Wildman–Crippen LogP) is 5.83. The standard InChI is InChI=1S/C16H16O3.C8H12N2O2.C4H10/c1-12-11-15(19-10-6-2-5-9-17)13-7-3-4-8-14(13)16(12)18;1-9-6-4-7(8(11)12-3)10(2)5-6;1-3-4-2/h3-4,7-9,11H,1-2,5-6,10H2;4-5,9H,1-3H3;3-4H2,1-2H3. The van der Waals surface area contributed by atoms with Crippen LogP contribution < -0.4 is 5.32 Å². The van der Waals surface area contributed by atoms with Crippen LogP contribution in [0.4, 0.5) is 5.69 Å². The molecule has 190 valence electrons. The second-order valence-corrected chi connectivity index (χ2v) is 7.89. The zero-order valence-corrected chi connectivity index (χ0v) is 21.6. The summed E-state index contributed by atoms with van der Waals surface area (Å²) in [5.74, 6) is 0.314. The highest BCUT2D eigenvalue weighted by atomic mass is 16.5. The molecule has 0 radical (unpaired) electrons. The van der Waals surface area contributed by atoms with E-state index in [1.807, 2.05) is 24.4 Å². The Morgan fingerprint density at radius 3 is 2.34 bits per heavy atom. The molecule has 0 bridgehead atoms. The summed E-state index contributed by atoms with van der Waals surface area (Å²) in [5.41, 5.74) is 3.34. The number of nitrogens with zero attached hydrogens (tertiary/aromatic N) is 1. The number of anilines is 1. The van der Waals surface area contributed by atoms with Gasteiger partial charge in [0, 0.05) is 43.4 Å². The van der Waals surface area contributed by atoms with Gasteiger partial charge in [-0.2, -0.15) is 0 Å². The van der Waals surface area contributed by atoms with Crippen molar-refractivity contribution in [3.63, 3.8) is 0 Å². The van der Waals surface area contributed by atoms with E-state index in [4.69, 9.17) is 4.74 Å². The number of aromatic nitrogens is 1. The number of nitrogens with one attached hydrogen (secondary N) is 1. The van der Waals surface area contributed by atoms with E-state index in [0.29, 0.717) is 35.6 Å². The van der Waals surface area contributed by atoms with Gasteiger partial charge in [0.1, 0.15) is 17.7 Å². The van der Waals surface area contributed by atoms with Crippen molar-refractivity contribution >= 4 is 29.5 Å². The summed E-state index contributed by atoms with van der Waals surface area (Å²) in [6.07, 6.45) is 9.26. The van der Waals surface area contributed by atoms with Gasteiger partial charge in [-0.05, 0) is 25.0 Å². The number of ether oxygens (including phenoxy) is 2. The van der Waals surface area contributed by atoms with E-state index in [1.165, 1.54) is 20.0 Å². The molecule has 0 saturated carbocycles. The van der Waals surface area contributed by atoms with Crippen LogP contribution in [-0.4, -0.2) is 43.4 Å². The van der Waals surface area contributed by atoms with Crippen molar-refractivity contribution in [1.82, 2.24) is 4.57 Å². The van der Waals surface area contributed by atoms with E-state index in [1.54, 1.807) is 36.9 Å². The molecule has 0 spiro atoms. The number of carbonyl (C=O) groups is 3. The fraction of sp³-hybridized carbons (Fsp3) is 0.393. The molecule has 3 rings (SSSR count). The quantitative estimate of drug-likeness (QED) is 0.210. The molecule has 0 saturated heterocycles. The number of rotatable bonds is 9. The monoisotopic (exact) mass is 482 g/mol. The molecule has 0 amide bonds. The van der Waals surface area contributed by atoms with Gasteiger partial charge in [0.15, 0.2) is 5.78 Å². The number of Topliss-reactive ketones (excluding diaryl/α,β-unsaturated/α-hetero) is 1. The average Bonchev–Trinajstić information content (AvgIpc) is 3.27. The largest absolute Gasteiger partial charge is 0.493 e. The Morgan fingerprint density at radius 1 is 1.14 bits per heavy atom. The predicted molar refractivity (Wildman–Crippen MR) is 141 cm³/mol. The summed E-state index contributed by atoms with van der Waals surface area (Å²) in [6.45, 7) is 8.65. The molecule has 1 heterocycles. The number of hydrogen-bond donors (Lipinski definition) is 1. The molecule has 1 aromatic heterocycles. The lowest BCUT2D eigenvalue weighted by Crippen LogP contribution is -2.11. The Hall–Kier alpha value is -3.61. The molecule has 0 unspecified atom stereocenters. The number of aldehydes is 1. The number of hydrogen-bond acceptors (Lipinski definition) is 6. The van der Waals surface area contributed by atoms with Crippen molar-refractivity contribution in [2.45, 2.75) is 46.0 Å². The van der Waals surface area contributed by atoms with E-state index >= 15 is 0 Å². The summed E-state index contributed by atoms with van der Waals surface area (Å²) in [7, 11) is 4.97. The first kappa shape index (κ1) is 29.4. The van der Waals surface area contributed by atoms with Gasteiger partial charge in [-0.1, -0.05) is 57.5 Å². The van der Waals surface area contributed by atoms with Crippen molar-refractivity contribution in [3.8, 4) is 0 Å². The summed E-state index contributed by atoms with van der Waals surface area (Å²) in [6, 6.07) is 9.11. The van der Waals surface area contributed by atoms with Gasteiger partial charge in [0.2, 0.25) is 0 Å². The zero-order chi connectivity index (χ0) is 26.2. The summed E-state index contributed by atoms with van der Waals surface area (Å²) >= 11 is 0. The molecule has 0 fully saturated rings. The number of unbranched alkanes of at least 4 members (excludes halogenated alkanes) is 3. The smallest absolute Gasteiger partial charge is 0.354 e. The highest BCUT2D eigenvalue weighted by Crippen LogP contribution is 2.29. The molecular formula is C28H38N2O5. The van der Waals surface area contributed by atoms with Gasteiger partial charge in [-0.25, -0.2) is 4.79 Å². The van der Waals surface area contributed by atoms with Crippen LogP contribution in [0, 0.1) is 0 Å². The van der Waals surface area contributed by atoms with Crippen molar-refractivity contribution in [2.75, 3.05) is 26.1 Å². The van der Waals surface area contributed by atoms with Crippen LogP contribution >= 0.6 is 0 Å². The maximum atomic E-state index is 11.9. The Bertz CT molecular complexity index is 1020. The third kappa shape index (κ3) is 9.27. The first-order valence-electron chi connectivity index (χ1n) is 11.9. The molecule has 0 atom stereocenters. The first-order chi connectivity index (χ1) is 16.8. The van der Waals surface area contributed by atoms with E-state index in [0.717, 1.165) is 30.4 Å². The van der Waals surface area contributed by atoms with Crippen molar-refractivity contribution < 1.29 is 23.9 Å². The molecule has 0 aliphatic heterocycles. The second-order valence-electron chi connectivity index (χ2n) is 7.89. The normalized spacial score (nSPS) is 11.6. The van der Waals surface area contributed by atoms with E-state index in [-0.39, 0.29) is 11.8 Å². The number of methoxy groups -OCH3 is 1. The Morgan fingerprint density at radius 2 is 1.80 bits per heavy atom. The number of ketones is 1. The number of esters is 1. The van der Waals surface area contributed by atoms with Crippen LogP contribution in [0.1, 0.15) is 72.4 Å². The third-order valence-corrected chi connectivity index (χ3v) is 5.20. The van der Waals surface area contributed by atoms with Gasteiger partial charge < -0.3 is 24.2 Å². The average molecular weight is 483 g/mol. The van der Waals surface area contributed by atoms with Gasteiger partial charge in [-0.15, -0.1) is 0 Å². The minimum atomic E-state index is -0.320. The van der Waals surface area contributed by atoms with E-state index < -0.39 is 0 Å². The number of aryl methyl sites for hydroxylation is 1. The lowest BCUT2D eigenvalue weighted by Gasteiger charge is -2.18. The lowest BCUT2D eigenvalue weighted by molar-refractivity contribution is -0.107. The zero-order valence-electron chi connectivity index (χ0n) is 21.6. The fourth-order valence-corrected chi connectivity index (χ4v) is 3.01. The molecule has 1 aliphatic carbocycles. The maximum Gasteiger partial charge on any atom is 0.354 e. The minimum absolute atomic E-state index is 0.0519. The number of benzene rings is 1. The highest BCUT2D eigenvalue weighted by Gasteiger charge is 2.22. The van der Waals surface area contributed by atoms with Crippen LogP contribution in [0.25, 0.3) is 5.76 Å². The highest BCUT2D eigenvalue weighted by molar-refractivity contribution is 6.15. The molecule has 1 aromatic carbocycles. The van der Waals surface area contributed by atoms with Gasteiger partial charge >= 0.3 is 5.97 Å². The topological polar surface area (TPSA) is 86.6 Å². The Kier molecular flexibility index (Phi) is 13.5. The summed E-state index contributed by atoms with van der Waals surface area (Å²) in [5, 5.41) is 2.94. The molecule has 2 aromatic rings. The number of fused-ring (bicyclic) bond motifs is 1. The molecule has 1 N–H and O–H groups in total. The number of allylic oxidation sites excluding steroid dienone is 2. The van der Waals surface area contributed by atoms with Crippen LogP contribution in [0.15, 0.2) is 54.8 Å². The molecule has 35 heavy (non-hydrogen) atoms. The Labute approximate surface area is 208 Å². The van der Waals surface area contributed by atoms with Crippen LogP contribution in [0.3, 0.4) is 0 Å². The fourth-order valence-electron chi connectivity index (χ4n) is 3.01. The SMILES string of the molecule is C=C1C=C(OCCCCC=O)c2ccccc2C1=O.CCCC.CNc1cc(C(=O)OC)n(C)c1. The molecule has 7 nitrogen and oxygen atoms in total. The Balaban J connectivity index is 0.000000327. The molecule has 7 heteroatoms. The second kappa shape index (κ2) is 16.1. The van der Waals surface area contributed by atoms with Gasteiger partial charge in [-0.3, -0.25) is 4.79 Å². The van der Waals surface area contributed by atoms with Crippen LogP contribution in [-0.2, 0) is 21.3 Å². The first-order valence-corrected chi connectivity index (χ1v) is 11.9. The van der Waals surface area contributed by atoms with Crippen molar-refractivity contribution in [1.29, 1.82) is 0 Å². The van der Waals surface area contributed by atoms with Gasteiger partial charge in [0.25, 0.3) is 0 Å². The summed E-state index contributed by atoms with van der Waals surface area (Å²) < 4.78 is 12.0. The lowest BCUT2D eigenvalue weighted by atomic mass is 9.92. The molecular weight excluding hydrogens is 444 g/mol. The van der Waals surface area contributed by atoms with Crippen LogP contribution in [0.2, 0.25) is 0 Å². The number of carbonyl (C=O) groups excluding carboxylic acids is 3. The summed E-state index contributed by atoms with van der Waals surface area (Å²) in [4.78, 5) is 33.2. The third-order valence-electron chi connectivity index (χ3n) is 5.20. The van der Waals surface area contributed by atoms with E-state index in [2.05, 4.69) is 30.5 Å². The van der Waals surface area contributed by atoms with Crippen molar-refractivity contribution in [2.24, 2.45) is 7.05 Å². The van der Waals surface area contributed by atoms with Crippen molar-refractivity contribution in [3.05, 3.63) is 71.6 Å².